The number of hydrogen-bond donors (Lipinski definition) is 2. The summed E-state index contributed by atoms with van der Waals surface area (Å²) in [6.45, 7) is 5.45. The van der Waals surface area contributed by atoms with Crippen molar-refractivity contribution in [3.63, 3.8) is 0 Å². The van der Waals surface area contributed by atoms with Crippen LogP contribution in [0.15, 0.2) is 47.1 Å². The lowest BCUT2D eigenvalue weighted by atomic mass is 9.97. The first kappa shape index (κ1) is 20.7. The molecule has 4 heterocycles. The van der Waals surface area contributed by atoms with Crippen molar-refractivity contribution < 1.29 is 13.9 Å². The van der Waals surface area contributed by atoms with Gasteiger partial charge in [0.15, 0.2) is 0 Å². The topological polar surface area (TPSA) is 89.3 Å². The Morgan fingerprint density at radius 1 is 1.19 bits per heavy atom. The summed E-state index contributed by atoms with van der Waals surface area (Å²) in [4.78, 5) is 23.2. The number of ether oxygens (including phenoxy) is 1. The molecule has 1 unspecified atom stereocenters. The van der Waals surface area contributed by atoms with E-state index >= 15 is 0 Å². The molecule has 32 heavy (non-hydrogen) atoms. The first-order chi connectivity index (χ1) is 15.6. The summed E-state index contributed by atoms with van der Waals surface area (Å²) >= 11 is 1.38. The van der Waals surface area contributed by atoms with E-state index in [-0.39, 0.29) is 12.0 Å². The smallest absolute Gasteiger partial charge is 0.261 e. The lowest BCUT2D eigenvalue weighted by molar-refractivity contribution is 0.0412. The van der Waals surface area contributed by atoms with Gasteiger partial charge < -0.3 is 19.8 Å². The Morgan fingerprint density at radius 2 is 2.06 bits per heavy atom. The van der Waals surface area contributed by atoms with E-state index in [1.165, 1.54) is 23.2 Å². The van der Waals surface area contributed by atoms with Crippen LogP contribution in [0.2, 0.25) is 0 Å². The van der Waals surface area contributed by atoms with Crippen molar-refractivity contribution in [2.24, 2.45) is 0 Å². The van der Waals surface area contributed by atoms with Gasteiger partial charge >= 0.3 is 0 Å². The monoisotopic (exact) mass is 448 g/mol. The number of nitrogens with zero attached hydrogens (tertiary/aromatic N) is 2. The molecule has 0 aliphatic carbocycles. The highest BCUT2D eigenvalue weighted by atomic mass is 32.1. The summed E-state index contributed by atoms with van der Waals surface area (Å²) in [7, 11) is 0. The van der Waals surface area contributed by atoms with E-state index < -0.39 is 0 Å². The Balaban J connectivity index is 1.33. The standard InChI is InChI=1S/C24H24N4O3S/c1-14-7-8-17(31-14)11-25-22-20-15(2)21(32-24(20)28-13-27-22)23(29)26-12-19-18-6-4-3-5-16(18)9-10-30-19/h3-8,13,19H,9-12H2,1-2H3,(H,26,29)(H,25,27,28). The molecule has 1 aromatic carbocycles. The fourth-order valence-electron chi connectivity index (χ4n) is 4.08. The number of carbonyl (C=O) groups is 1. The highest BCUT2D eigenvalue weighted by molar-refractivity contribution is 7.20. The van der Waals surface area contributed by atoms with Crippen LogP contribution in [0.5, 0.6) is 0 Å². The van der Waals surface area contributed by atoms with E-state index in [1.807, 2.05) is 38.1 Å². The van der Waals surface area contributed by atoms with Crippen LogP contribution in [0.4, 0.5) is 5.82 Å². The van der Waals surface area contributed by atoms with Crippen molar-refractivity contribution in [2.75, 3.05) is 18.5 Å². The number of aromatic nitrogens is 2. The third-order valence-corrected chi connectivity index (χ3v) is 6.90. The third-order valence-electron chi connectivity index (χ3n) is 5.70. The molecular weight excluding hydrogens is 424 g/mol. The number of benzene rings is 1. The highest BCUT2D eigenvalue weighted by Crippen LogP contribution is 2.34. The molecule has 1 aliphatic rings. The molecule has 164 valence electrons. The van der Waals surface area contributed by atoms with E-state index in [9.17, 15) is 4.79 Å². The molecule has 1 atom stereocenters. The average Bonchev–Trinajstić information content (AvgIpc) is 3.39. The number of aryl methyl sites for hydroxylation is 2. The molecule has 7 nitrogen and oxygen atoms in total. The summed E-state index contributed by atoms with van der Waals surface area (Å²) in [6.07, 6.45) is 2.29. The predicted octanol–water partition coefficient (Wildman–Crippen LogP) is 4.56. The van der Waals surface area contributed by atoms with Gasteiger partial charge in [-0.05, 0) is 49.1 Å². The minimum atomic E-state index is -0.132. The summed E-state index contributed by atoms with van der Waals surface area (Å²) in [5.74, 6) is 2.27. The van der Waals surface area contributed by atoms with Gasteiger partial charge in [-0.15, -0.1) is 11.3 Å². The predicted molar refractivity (Wildman–Crippen MR) is 124 cm³/mol. The second kappa shape index (κ2) is 8.72. The van der Waals surface area contributed by atoms with Crippen LogP contribution in [0.1, 0.15) is 44.0 Å². The van der Waals surface area contributed by atoms with Gasteiger partial charge in [0.2, 0.25) is 0 Å². The second-order valence-corrected chi connectivity index (χ2v) is 8.84. The Labute approximate surface area is 189 Å². The highest BCUT2D eigenvalue weighted by Gasteiger charge is 2.23. The van der Waals surface area contributed by atoms with Gasteiger partial charge in [-0.3, -0.25) is 4.79 Å². The molecule has 0 spiro atoms. The molecular formula is C24H24N4O3S. The summed E-state index contributed by atoms with van der Waals surface area (Å²) in [6, 6.07) is 12.1. The number of nitrogens with one attached hydrogen (secondary N) is 2. The lowest BCUT2D eigenvalue weighted by Crippen LogP contribution is -2.31. The molecule has 1 amide bonds. The Kier molecular flexibility index (Phi) is 5.63. The van der Waals surface area contributed by atoms with E-state index in [2.05, 4.69) is 32.7 Å². The van der Waals surface area contributed by atoms with Crippen molar-refractivity contribution in [1.29, 1.82) is 0 Å². The molecule has 3 aromatic heterocycles. The molecule has 0 saturated carbocycles. The van der Waals surface area contributed by atoms with Gasteiger partial charge in [-0.2, -0.15) is 0 Å². The molecule has 0 fully saturated rings. The first-order valence-electron chi connectivity index (χ1n) is 10.6. The molecule has 1 aliphatic heterocycles. The fraction of sp³-hybridized carbons (Fsp3) is 0.292. The van der Waals surface area contributed by atoms with Gasteiger partial charge in [-0.1, -0.05) is 24.3 Å². The Hall–Kier alpha value is -3.23. The number of carbonyl (C=O) groups excluding carboxylic acids is 1. The van der Waals surface area contributed by atoms with Crippen molar-refractivity contribution >= 4 is 33.3 Å². The van der Waals surface area contributed by atoms with Gasteiger partial charge in [0.25, 0.3) is 5.91 Å². The zero-order valence-electron chi connectivity index (χ0n) is 18.0. The lowest BCUT2D eigenvalue weighted by Gasteiger charge is -2.26. The minimum Gasteiger partial charge on any atom is -0.465 e. The Bertz CT molecular complexity index is 1280. The summed E-state index contributed by atoms with van der Waals surface area (Å²) < 4.78 is 11.5. The van der Waals surface area contributed by atoms with Crippen LogP contribution in [0.25, 0.3) is 10.2 Å². The number of amides is 1. The van der Waals surface area contributed by atoms with Crippen LogP contribution in [-0.4, -0.2) is 29.0 Å². The van der Waals surface area contributed by atoms with Crippen LogP contribution in [0.3, 0.4) is 0 Å². The molecule has 5 rings (SSSR count). The summed E-state index contributed by atoms with van der Waals surface area (Å²) in [5.41, 5.74) is 3.30. The van der Waals surface area contributed by atoms with Crippen molar-refractivity contribution in [3.8, 4) is 0 Å². The zero-order valence-corrected chi connectivity index (χ0v) is 18.8. The van der Waals surface area contributed by atoms with Gasteiger partial charge in [-0.25, -0.2) is 9.97 Å². The number of furan rings is 1. The SMILES string of the molecule is Cc1ccc(CNc2ncnc3sc(C(=O)NCC4OCCc5ccccc54)c(C)c23)o1. The largest absolute Gasteiger partial charge is 0.465 e. The van der Waals surface area contributed by atoms with Crippen molar-refractivity contribution in [1.82, 2.24) is 15.3 Å². The minimum absolute atomic E-state index is 0.121. The quantitative estimate of drug-likeness (QED) is 0.450. The maximum Gasteiger partial charge on any atom is 0.261 e. The van der Waals surface area contributed by atoms with Crippen LogP contribution >= 0.6 is 11.3 Å². The third kappa shape index (κ3) is 3.99. The number of thiophene rings is 1. The molecule has 8 heteroatoms. The van der Waals surface area contributed by atoms with Crippen molar-refractivity contribution in [3.05, 3.63) is 75.8 Å². The molecule has 2 N–H and O–H groups in total. The normalized spacial score (nSPS) is 15.5. The number of anilines is 1. The maximum absolute atomic E-state index is 13.0. The van der Waals surface area contributed by atoms with E-state index in [0.717, 1.165) is 39.3 Å². The molecule has 0 saturated heterocycles. The van der Waals surface area contributed by atoms with E-state index in [4.69, 9.17) is 9.15 Å². The van der Waals surface area contributed by atoms with Gasteiger partial charge in [0.1, 0.15) is 34.6 Å². The molecule has 0 radical (unpaired) electrons. The van der Waals surface area contributed by atoms with Crippen LogP contribution in [-0.2, 0) is 17.7 Å². The Morgan fingerprint density at radius 3 is 2.91 bits per heavy atom. The number of fused-ring (bicyclic) bond motifs is 2. The maximum atomic E-state index is 13.0. The summed E-state index contributed by atoms with van der Waals surface area (Å²) in [5, 5.41) is 7.24. The van der Waals surface area contributed by atoms with Gasteiger partial charge in [0.05, 0.1) is 23.4 Å². The molecule has 0 bridgehead atoms. The van der Waals surface area contributed by atoms with Crippen LogP contribution < -0.4 is 10.6 Å². The van der Waals surface area contributed by atoms with Gasteiger partial charge in [0, 0.05) is 6.54 Å². The van der Waals surface area contributed by atoms with Crippen LogP contribution in [0, 0.1) is 13.8 Å². The number of hydrogen-bond acceptors (Lipinski definition) is 7. The zero-order chi connectivity index (χ0) is 22.1. The average molecular weight is 449 g/mol. The van der Waals surface area contributed by atoms with Crippen molar-refractivity contribution in [2.45, 2.75) is 32.9 Å². The first-order valence-corrected chi connectivity index (χ1v) is 11.4. The second-order valence-electron chi connectivity index (χ2n) is 7.84. The molecule has 4 aromatic rings. The number of rotatable bonds is 6. The van der Waals surface area contributed by atoms with E-state index in [0.29, 0.717) is 30.4 Å². The fourth-order valence-corrected chi connectivity index (χ4v) is 5.15. The van der Waals surface area contributed by atoms with E-state index in [1.54, 1.807) is 0 Å².